The number of nitrogens with one attached hydrogen (secondary N) is 1. The molecule has 17 heavy (non-hydrogen) atoms. The van der Waals surface area contributed by atoms with Gasteiger partial charge in [-0.2, -0.15) is 0 Å². The van der Waals surface area contributed by atoms with E-state index in [1.807, 2.05) is 6.07 Å². The molecule has 94 valence electrons. The topological polar surface area (TPSA) is 34.1 Å². The molecule has 2 unspecified atom stereocenters. The average Bonchev–Trinajstić information content (AvgIpc) is 2.34. The second kappa shape index (κ2) is 6.03. The summed E-state index contributed by atoms with van der Waals surface area (Å²) in [6.45, 7) is 0. The van der Waals surface area contributed by atoms with E-state index in [0.717, 1.165) is 23.0 Å². The summed E-state index contributed by atoms with van der Waals surface area (Å²) in [6, 6.07) is 2.28. The first kappa shape index (κ1) is 13.1. The Balaban J connectivity index is 2.10. The summed E-state index contributed by atoms with van der Waals surface area (Å²) in [4.78, 5) is 4.11. The van der Waals surface area contributed by atoms with E-state index in [0.29, 0.717) is 11.2 Å². The molecule has 0 amide bonds. The molecule has 1 aliphatic rings. The van der Waals surface area contributed by atoms with Crippen molar-refractivity contribution in [2.45, 2.75) is 37.8 Å². The Hall–Kier alpha value is -0.320. The first-order valence-corrected chi connectivity index (χ1v) is 6.98. The summed E-state index contributed by atoms with van der Waals surface area (Å²) >= 11 is 9.47. The lowest BCUT2D eigenvalue weighted by atomic mass is 9.92. The Morgan fingerprint density at radius 1 is 1.47 bits per heavy atom. The SMILES string of the molecule is COC1CCCCC1Nc1cc(Br)cnc1Cl. The van der Waals surface area contributed by atoms with Crippen molar-refractivity contribution in [1.82, 2.24) is 4.98 Å². The van der Waals surface area contributed by atoms with E-state index in [2.05, 4.69) is 26.2 Å². The molecule has 1 saturated carbocycles. The Bertz CT molecular complexity index is 389. The molecular formula is C12H16BrClN2O. The summed E-state index contributed by atoms with van der Waals surface area (Å²) in [5.41, 5.74) is 0.870. The zero-order valence-corrected chi connectivity index (χ0v) is 12.1. The summed E-state index contributed by atoms with van der Waals surface area (Å²) in [6.07, 6.45) is 6.65. The number of hydrogen-bond donors (Lipinski definition) is 1. The van der Waals surface area contributed by atoms with Crippen LogP contribution in [0.5, 0.6) is 0 Å². The number of methoxy groups -OCH3 is 1. The van der Waals surface area contributed by atoms with Gasteiger partial charge in [0.15, 0.2) is 5.15 Å². The van der Waals surface area contributed by atoms with Crippen LogP contribution in [-0.4, -0.2) is 24.2 Å². The van der Waals surface area contributed by atoms with Gasteiger partial charge in [0, 0.05) is 17.8 Å². The van der Waals surface area contributed by atoms with Gasteiger partial charge < -0.3 is 10.1 Å². The fourth-order valence-electron chi connectivity index (χ4n) is 2.27. The number of aromatic nitrogens is 1. The third kappa shape index (κ3) is 3.33. The number of halogens is 2. The normalized spacial score (nSPS) is 24.6. The molecule has 1 fully saturated rings. The van der Waals surface area contributed by atoms with E-state index in [9.17, 15) is 0 Å². The largest absolute Gasteiger partial charge is 0.379 e. The van der Waals surface area contributed by atoms with E-state index in [4.69, 9.17) is 16.3 Å². The fraction of sp³-hybridized carbons (Fsp3) is 0.583. The second-order valence-corrected chi connectivity index (χ2v) is 5.58. The van der Waals surface area contributed by atoms with Crippen molar-refractivity contribution >= 4 is 33.2 Å². The van der Waals surface area contributed by atoms with Gasteiger partial charge in [-0.1, -0.05) is 24.4 Å². The number of ether oxygens (including phenoxy) is 1. The molecule has 1 heterocycles. The van der Waals surface area contributed by atoms with Gasteiger partial charge in [-0.25, -0.2) is 4.98 Å². The van der Waals surface area contributed by atoms with Crippen LogP contribution in [0.15, 0.2) is 16.7 Å². The molecule has 1 N–H and O–H groups in total. The van der Waals surface area contributed by atoms with E-state index >= 15 is 0 Å². The van der Waals surface area contributed by atoms with Crippen LogP contribution in [0.4, 0.5) is 5.69 Å². The Morgan fingerprint density at radius 3 is 3.00 bits per heavy atom. The summed E-state index contributed by atoms with van der Waals surface area (Å²) in [7, 11) is 1.77. The van der Waals surface area contributed by atoms with Crippen molar-refractivity contribution in [3.05, 3.63) is 21.9 Å². The molecule has 1 aliphatic carbocycles. The van der Waals surface area contributed by atoms with Crippen molar-refractivity contribution in [2.75, 3.05) is 12.4 Å². The average molecular weight is 320 g/mol. The number of hydrogen-bond acceptors (Lipinski definition) is 3. The monoisotopic (exact) mass is 318 g/mol. The van der Waals surface area contributed by atoms with Crippen LogP contribution in [-0.2, 0) is 4.74 Å². The first-order valence-electron chi connectivity index (χ1n) is 5.81. The summed E-state index contributed by atoms with van der Waals surface area (Å²) < 4.78 is 6.43. The molecule has 5 heteroatoms. The lowest BCUT2D eigenvalue weighted by Crippen LogP contribution is -2.37. The number of nitrogens with zero attached hydrogens (tertiary/aromatic N) is 1. The quantitative estimate of drug-likeness (QED) is 0.859. The highest BCUT2D eigenvalue weighted by molar-refractivity contribution is 9.10. The number of pyridine rings is 1. The molecule has 0 bridgehead atoms. The zero-order chi connectivity index (χ0) is 12.3. The van der Waals surface area contributed by atoms with Gasteiger partial charge in [0.05, 0.1) is 17.8 Å². The maximum Gasteiger partial charge on any atom is 0.152 e. The molecular weight excluding hydrogens is 304 g/mol. The maximum absolute atomic E-state index is 6.07. The molecule has 2 rings (SSSR count). The van der Waals surface area contributed by atoms with Crippen LogP contribution < -0.4 is 5.32 Å². The molecule has 0 aromatic carbocycles. The third-order valence-corrected chi connectivity index (χ3v) is 3.89. The Kier molecular flexibility index (Phi) is 4.65. The molecule has 2 atom stereocenters. The summed E-state index contributed by atoms with van der Waals surface area (Å²) in [5, 5.41) is 3.95. The first-order chi connectivity index (χ1) is 8.20. The maximum atomic E-state index is 6.07. The van der Waals surface area contributed by atoms with Gasteiger partial charge >= 0.3 is 0 Å². The number of rotatable bonds is 3. The molecule has 0 radical (unpaired) electrons. The van der Waals surface area contributed by atoms with Crippen molar-refractivity contribution in [1.29, 1.82) is 0 Å². The molecule has 0 spiro atoms. The van der Waals surface area contributed by atoms with Crippen LogP contribution in [0.1, 0.15) is 25.7 Å². The predicted octanol–water partition coefficient (Wildman–Crippen LogP) is 3.87. The zero-order valence-electron chi connectivity index (χ0n) is 9.75. The van der Waals surface area contributed by atoms with Crippen LogP contribution in [0.2, 0.25) is 5.15 Å². The lowest BCUT2D eigenvalue weighted by molar-refractivity contribution is 0.0606. The molecule has 0 aliphatic heterocycles. The van der Waals surface area contributed by atoms with Crippen LogP contribution in [0.25, 0.3) is 0 Å². The Labute approximate surface area is 115 Å². The minimum Gasteiger partial charge on any atom is -0.379 e. The minimum atomic E-state index is 0.263. The smallest absolute Gasteiger partial charge is 0.152 e. The molecule has 1 aromatic rings. The van der Waals surface area contributed by atoms with Gasteiger partial charge in [0.2, 0.25) is 0 Å². The highest BCUT2D eigenvalue weighted by Crippen LogP contribution is 2.28. The lowest BCUT2D eigenvalue weighted by Gasteiger charge is -2.31. The highest BCUT2D eigenvalue weighted by Gasteiger charge is 2.25. The second-order valence-electron chi connectivity index (χ2n) is 4.30. The molecule has 1 aromatic heterocycles. The van der Waals surface area contributed by atoms with Crippen LogP contribution >= 0.6 is 27.5 Å². The van der Waals surface area contributed by atoms with Crippen LogP contribution in [0.3, 0.4) is 0 Å². The number of anilines is 1. The predicted molar refractivity (Wildman–Crippen MR) is 73.6 cm³/mol. The van der Waals surface area contributed by atoms with Crippen molar-refractivity contribution in [3.8, 4) is 0 Å². The van der Waals surface area contributed by atoms with Gasteiger partial charge in [0.25, 0.3) is 0 Å². The van der Waals surface area contributed by atoms with E-state index in [-0.39, 0.29) is 6.10 Å². The minimum absolute atomic E-state index is 0.263. The van der Waals surface area contributed by atoms with Crippen molar-refractivity contribution < 1.29 is 4.74 Å². The van der Waals surface area contributed by atoms with E-state index < -0.39 is 0 Å². The van der Waals surface area contributed by atoms with Gasteiger partial charge in [-0.15, -0.1) is 0 Å². The highest BCUT2D eigenvalue weighted by atomic mass is 79.9. The van der Waals surface area contributed by atoms with Crippen LogP contribution in [0, 0.1) is 0 Å². The van der Waals surface area contributed by atoms with E-state index in [1.165, 1.54) is 12.8 Å². The fourth-order valence-corrected chi connectivity index (χ4v) is 2.76. The molecule has 3 nitrogen and oxygen atoms in total. The van der Waals surface area contributed by atoms with Gasteiger partial charge in [0.1, 0.15) is 0 Å². The van der Waals surface area contributed by atoms with Gasteiger partial charge in [-0.05, 0) is 34.8 Å². The summed E-state index contributed by atoms with van der Waals surface area (Å²) in [5.74, 6) is 0. The Morgan fingerprint density at radius 2 is 2.24 bits per heavy atom. The van der Waals surface area contributed by atoms with Crippen molar-refractivity contribution in [3.63, 3.8) is 0 Å². The molecule has 0 saturated heterocycles. The standard InChI is InChI=1S/C12H16BrClN2O/c1-17-11-5-3-2-4-9(11)16-10-6-8(13)7-15-12(10)14/h6-7,9,11,16H,2-5H2,1H3. The van der Waals surface area contributed by atoms with E-state index in [1.54, 1.807) is 13.3 Å². The third-order valence-electron chi connectivity index (χ3n) is 3.15. The van der Waals surface area contributed by atoms with Gasteiger partial charge in [-0.3, -0.25) is 0 Å². The van der Waals surface area contributed by atoms with Crippen molar-refractivity contribution in [2.24, 2.45) is 0 Å².